The minimum absolute atomic E-state index is 0.0820. The van der Waals surface area contributed by atoms with Crippen molar-refractivity contribution in [3.63, 3.8) is 0 Å². The summed E-state index contributed by atoms with van der Waals surface area (Å²) in [7, 11) is 0. The smallest absolute Gasteiger partial charge is 0.408 e. The topological polar surface area (TPSA) is 144 Å². The summed E-state index contributed by atoms with van der Waals surface area (Å²) >= 11 is 0. The van der Waals surface area contributed by atoms with Gasteiger partial charge in [-0.1, -0.05) is 45.0 Å². The second-order valence-corrected chi connectivity index (χ2v) is 10.3. The van der Waals surface area contributed by atoms with Gasteiger partial charge in [0, 0.05) is 18.1 Å². The van der Waals surface area contributed by atoms with Crippen LogP contribution in [-0.4, -0.2) is 65.2 Å². The Labute approximate surface area is 254 Å². The first kappa shape index (κ1) is 36.6. The van der Waals surface area contributed by atoms with Gasteiger partial charge in [-0.05, 0) is 48.6 Å². The third-order valence-corrected chi connectivity index (χ3v) is 7.18. The quantitative estimate of drug-likeness (QED) is 0.0778. The molecule has 2 aromatic rings. The van der Waals surface area contributed by atoms with Gasteiger partial charge in [-0.15, -0.1) is 0 Å². The first-order chi connectivity index (χ1) is 20.7. The van der Waals surface area contributed by atoms with Crippen molar-refractivity contribution < 1.29 is 65.6 Å². The van der Waals surface area contributed by atoms with E-state index in [1.54, 1.807) is 6.92 Å². The third-order valence-electron chi connectivity index (χ3n) is 7.18. The number of Topliss-reactive ketones (excluding diaryl/α,β-unsaturated/α-hetero) is 1. The lowest BCUT2D eigenvalue weighted by Crippen LogP contribution is -2.55. The van der Waals surface area contributed by atoms with Crippen LogP contribution in [0.1, 0.15) is 93.1 Å². The molecule has 45 heavy (non-hydrogen) atoms. The lowest BCUT2D eigenvalue weighted by Gasteiger charge is -2.41. The van der Waals surface area contributed by atoms with Crippen LogP contribution in [0, 0.1) is 5.92 Å². The van der Waals surface area contributed by atoms with E-state index in [2.05, 4.69) is 6.58 Å². The van der Waals surface area contributed by atoms with Gasteiger partial charge in [0.05, 0.1) is 16.7 Å². The molecule has 2 aromatic carbocycles. The zero-order valence-corrected chi connectivity index (χ0v) is 24.7. The molecule has 0 heterocycles. The Hall–Kier alpha value is -4.62. The van der Waals surface area contributed by atoms with Gasteiger partial charge in [0.25, 0.3) is 5.92 Å². The van der Waals surface area contributed by atoms with Gasteiger partial charge < -0.3 is 19.7 Å². The summed E-state index contributed by atoms with van der Waals surface area (Å²) in [5.41, 5.74) is -10.3. The molecule has 0 fully saturated rings. The van der Waals surface area contributed by atoms with Crippen molar-refractivity contribution in [2.75, 3.05) is 13.2 Å². The van der Waals surface area contributed by atoms with Crippen molar-refractivity contribution in [3.8, 4) is 0 Å². The van der Waals surface area contributed by atoms with Gasteiger partial charge in [-0.2, -0.15) is 13.2 Å². The molecule has 0 aliphatic carbocycles. The molecule has 9 nitrogen and oxygen atoms in total. The molecule has 2 unspecified atom stereocenters. The molecule has 0 radical (unpaired) electrons. The summed E-state index contributed by atoms with van der Waals surface area (Å²) in [5, 5.41) is 19.2. The zero-order chi connectivity index (χ0) is 34.5. The Balaban J connectivity index is 2.58. The van der Waals surface area contributed by atoms with Crippen LogP contribution in [0.15, 0.2) is 48.6 Å². The molecular weight excluding hydrogens is 611 g/mol. The molecule has 0 saturated carbocycles. The van der Waals surface area contributed by atoms with Crippen molar-refractivity contribution in [1.82, 2.24) is 0 Å². The van der Waals surface area contributed by atoms with Gasteiger partial charge in [-0.3, -0.25) is 4.79 Å². The fourth-order valence-corrected chi connectivity index (χ4v) is 4.89. The highest BCUT2D eigenvalue weighted by molar-refractivity contribution is 6.05. The number of aromatic carboxylic acids is 2. The molecule has 0 bridgehead atoms. The van der Waals surface area contributed by atoms with E-state index in [4.69, 9.17) is 9.47 Å². The Morgan fingerprint density at radius 3 is 1.71 bits per heavy atom. The van der Waals surface area contributed by atoms with Crippen LogP contribution in [0.4, 0.5) is 22.0 Å². The summed E-state index contributed by atoms with van der Waals surface area (Å²) in [6, 6.07) is 2.68. The Bertz CT molecular complexity index is 1490. The molecule has 0 aliphatic heterocycles. The number of ether oxygens (including phenoxy) is 2. The number of carboxylic acids is 2. The predicted molar refractivity (Wildman–Crippen MR) is 149 cm³/mol. The first-order valence-corrected chi connectivity index (χ1v) is 13.5. The highest BCUT2D eigenvalue weighted by Crippen LogP contribution is 2.56. The molecule has 2 atom stereocenters. The van der Waals surface area contributed by atoms with Crippen LogP contribution in [0.3, 0.4) is 0 Å². The standard InChI is InChI=1S/C31H31F5O9/c1-6-7-16(2)17(3)27(42)44-12-13-45-28(43)22-11-9-20(15-24(22)26(40)41)30(29(5,32)33,31(34,35)36)19-8-10-21(18(4)37)23(14-19)25(38)39/h8-11,14-16H,3,6-7,12-13H2,1-2,4-5H3,(H,38,39)(H,40,41). The maximum absolute atomic E-state index is 15.3. The number of benzene rings is 2. The summed E-state index contributed by atoms with van der Waals surface area (Å²) in [5.74, 6) is -11.7. The Morgan fingerprint density at radius 2 is 1.29 bits per heavy atom. The number of esters is 2. The van der Waals surface area contributed by atoms with Crippen molar-refractivity contribution in [1.29, 1.82) is 0 Å². The minimum Gasteiger partial charge on any atom is -0.478 e. The summed E-state index contributed by atoms with van der Waals surface area (Å²) < 4.78 is 85.1. The lowest BCUT2D eigenvalue weighted by atomic mass is 9.68. The molecule has 0 aliphatic rings. The van der Waals surface area contributed by atoms with Gasteiger partial charge in [-0.25, -0.2) is 28.0 Å². The van der Waals surface area contributed by atoms with E-state index in [-0.39, 0.29) is 30.5 Å². The number of hydrogen-bond acceptors (Lipinski definition) is 7. The van der Waals surface area contributed by atoms with Crippen LogP contribution in [0.2, 0.25) is 0 Å². The molecule has 14 heteroatoms. The highest BCUT2D eigenvalue weighted by Gasteiger charge is 2.69. The number of hydrogen-bond donors (Lipinski definition) is 2. The van der Waals surface area contributed by atoms with Crippen molar-refractivity contribution in [2.24, 2.45) is 5.92 Å². The summed E-state index contributed by atoms with van der Waals surface area (Å²) in [6.45, 7) is 7.12. The number of carbonyl (C=O) groups is 5. The van der Waals surface area contributed by atoms with Gasteiger partial charge >= 0.3 is 30.1 Å². The van der Waals surface area contributed by atoms with E-state index in [1.165, 1.54) is 0 Å². The van der Waals surface area contributed by atoms with Crippen LogP contribution in [0.5, 0.6) is 0 Å². The number of ketones is 1. The summed E-state index contributed by atoms with van der Waals surface area (Å²) in [6.07, 6.45) is -4.43. The molecule has 2 rings (SSSR count). The molecule has 244 valence electrons. The molecule has 0 saturated heterocycles. The predicted octanol–water partition coefficient (Wildman–Crippen LogP) is 6.48. The fraction of sp³-hybridized carbons (Fsp3) is 0.387. The first-order valence-electron chi connectivity index (χ1n) is 13.5. The van der Waals surface area contributed by atoms with E-state index in [0.29, 0.717) is 30.7 Å². The highest BCUT2D eigenvalue weighted by atomic mass is 19.4. The number of halogens is 5. The normalized spacial score (nSPS) is 13.7. The van der Waals surface area contributed by atoms with E-state index in [9.17, 15) is 47.4 Å². The second-order valence-electron chi connectivity index (χ2n) is 10.3. The molecular formula is C31H31F5O9. The molecule has 0 aromatic heterocycles. The van der Waals surface area contributed by atoms with Crippen LogP contribution < -0.4 is 0 Å². The van der Waals surface area contributed by atoms with Crippen LogP contribution >= 0.6 is 0 Å². The number of carbonyl (C=O) groups excluding carboxylic acids is 3. The number of rotatable bonds is 14. The number of alkyl halides is 5. The molecule has 2 N–H and O–H groups in total. The largest absolute Gasteiger partial charge is 0.478 e. The van der Waals surface area contributed by atoms with Gasteiger partial charge in [0.15, 0.2) is 11.2 Å². The van der Waals surface area contributed by atoms with Crippen molar-refractivity contribution in [3.05, 3.63) is 81.9 Å². The average molecular weight is 643 g/mol. The SMILES string of the molecule is C=C(C(=O)OCCOC(=O)c1ccc(C(c2ccc(C(C)=O)c(C(=O)O)c2)(C(C)(F)F)C(F)(F)F)cc1C(=O)O)C(C)CCC. The van der Waals surface area contributed by atoms with E-state index < -0.39 is 93.8 Å². The van der Waals surface area contributed by atoms with Gasteiger partial charge in [0.1, 0.15) is 13.2 Å². The van der Waals surface area contributed by atoms with Gasteiger partial charge in [0.2, 0.25) is 0 Å². The monoisotopic (exact) mass is 642 g/mol. The lowest BCUT2D eigenvalue weighted by molar-refractivity contribution is -0.239. The fourth-order valence-electron chi connectivity index (χ4n) is 4.89. The minimum atomic E-state index is -5.88. The molecule has 0 spiro atoms. The van der Waals surface area contributed by atoms with Crippen LogP contribution in [-0.2, 0) is 19.7 Å². The summed E-state index contributed by atoms with van der Waals surface area (Å²) in [4.78, 5) is 60.4. The zero-order valence-electron chi connectivity index (χ0n) is 24.7. The van der Waals surface area contributed by atoms with Crippen LogP contribution in [0.25, 0.3) is 0 Å². The van der Waals surface area contributed by atoms with Crippen molar-refractivity contribution in [2.45, 2.75) is 58.1 Å². The number of carboxylic acid groups (broad SMARTS) is 2. The van der Waals surface area contributed by atoms with E-state index in [0.717, 1.165) is 13.3 Å². The maximum atomic E-state index is 15.3. The van der Waals surface area contributed by atoms with Crippen molar-refractivity contribution >= 4 is 29.7 Å². The third kappa shape index (κ3) is 7.55. The van der Waals surface area contributed by atoms with E-state index in [1.807, 2.05) is 6.92 Å². The van der Waals surface area contributed by atoms with E-state index >= 15 is 8.78 Å². The Morgan fingerprint density at radius 1 is 0.822 bits per heavy atom. The molecule has 0 amide bonds. The average Bonchev–Trinajstić information content (AvgIpc) is 2.93. The maximum Gasteiger partial charge on any atom is 0.408 e. The second kappa shape index (κ2) is 14.0. The Kier molecular flexibility index (Phi) is 11.4.